The fourth-order valence-electron chi connectivity index (χ4n) is 4.26. The van der Waals surface area contributed by atoms with Crippen LogP contribution in [0.4, 0.5) is 0 Å². The Kier molecular flexibility index (Phi) is 9.56. The molecule has 0 radical (unpaired) electrons. The number of hydrogen-bond acceptors (Lipinski definition) is 4. The summed E-state index contributed by atoms with van der Waals surface area (Å²) in [6.07, 6.45) is 5.33. The van der Waals surface area contributed by atoms with Gasteiger partial charge in [0, 0.05) is 31.7 Å². The second-order valence-electron chi connectivity index (χ2n) is 8.01. The number of benzene rings is 1. The summed E-state index contributed by atoms with van der Waals surface area (Å²) in [6.45, 7) is 6.43. The van der Waals surface area contributed by atoms with Crippen LogP contribution < -0.4 is 10.1 Å². The monoisotopic (exact) mass is 410 g/mol. The maximum Gasteiger partial charge on any atom is 0.223 e. The highest BCUT2D eigenvalue weighted by Crippen LogP contribution is 2.26. The molecule has 1 amide bonds. The molecule has 0 bridgehead atoms. The third-order valence-corrected chi connectivity index (χ3v) is 5.99. The maximum atomic E-state index is 13.2. The molecule has 1 aromatic carbocycles. The molecule has 2 heterocycles. The van der Waals surface area contributed by atoms with Crippen molar-refractivity contribution in [2.45, 2.75) is 51.7 Å². The topological polar surface area (TPSA) is 50.8 Å². The van der Waals surface area contributed by atoms with Gasteiger partial charge in [0.25, 0.3) is 0 Å². The zero-order valence-corrected chi connectivity index (χ0v) is 18.0. The molecule has 6 heteroatoms. The molecule has 2 aliphatic heterocycles. The van der Waals surface area contributed by atoms with Crippen LogP contribution in [0.1, 0.15) is 44.6 Å². The van der Waals surface area contributed by atoms with Crippen molar-refractivity contribution in [1.82, 2.24) is 10.2 Å². The van der Waals surface area contributed by atoms with E-state index in [0.29, 0.717) is 31.3 Å². The average Bonchev–Trinajstić information content (AvgIpc) is 3.21. The minimum Gasteiger partial charge on any atom is -0.496 e. The zero-order valence-electron chi connectivity index (χ0n) is 17.2. The summed E-state index contributed by atoms with van der Waals surface area (Å²) in [7, 11) is 1.68. The van der Waals surface area contributed by atoms with Crippen molar-refractivity contribution in [1.29, 1.82) is 0 Å². The number of carbonyl (C=O) groups excluding carboxylic acids is 1. The van der Waals surface area contributed by atoms with Crippen LogP contribution in [0, 0.1) is 11.8 Å². The number of piperidine rings is 1. The van der Waals surface area contributed by atoms with Crippen LogP contribution in [0.3, 0.4) is 0 Å². The van der Waals surface area contributed by atoms with Gasteiger partial charge in [-0.15, -0.1) is 12.4 Å². The van der Waals surface area contributed by atoms with E-state index in [1.165, 1.54) is 12.8 Å². The summed E-state index contributed by atoms with van der Waals surface area (Å²) in [4.78, 5) is 15.2. The van der Waals surface area contributed by atoms with Gasteiger partial charge in [0.05, 0.1) is 13.2 Å². The molecule has 158 valence electrons. The Hall–Kier alpha value is -1.30. The van der Waals surface area contributed by atoms with Gasteiger partial charge >= 0.3 is 0 Å². The van der Waals surface area contributed by atoms with Crippen LogP contribution in [0.15, 0.2) is 24.3 Å². The number of carbonyl (C=O) groups is 1. The van der Waals surface area contributed by atoms with Gasteiger partial charge in [-0.3, -0.25) is 4.79 Å². The third-order valence-electron chi connectivity index (χ3n) is 5.99. The van der Waals surface area contributed by atoms with Gasteiger partial charge in [-0.2, -0.15) is 0 Å². The number of hydrogen-bond donors (Lipinski definition) is 1. The molecule has 3 unspecified atom stereocenters. The molecule has 0 aromatic heterocycles. The van der Waals surface area contributed by atoms with E-state index >= 15 is 0 Å². The van der Waals surface area contributed by atoms with Crippen LogP contribution in [0.2, 0.25) is 0 Å². The van der Waals surface area contributed by atoms with Crippen molar-refractivity contribution in [3.63, 3.8) is 0 Å². The van der Waals surface area contributed by atoms with Gasteiger partial charge in [-0.25, -0.2) is 0 Å². The van der Waals surface area contributed by atoms with Crippen LogP contribution in [0.5, 0.6) is 5.75 Å². The number of amides is 1. The lowest BCUT2D eigenvalue weighted by Gasteiger charge is -2.31. The van der Waals surface area contributed by atoms with Gasteiger partial charge in [0.1, 0.15) is 5.75 Å². The standard InChI is InChI=1S/C22H34N2O3.ClH/c1-17(18-8-5-11-23-14-18)13-22(25)24(16-20-9-6-12-27-20)15-19-7-3-4-10-21(19)26-2;/h3-4,7,10,17-18,20,23H,5-6,8-9,11-16H2,1-2H3;1H. The van der Waals surface area contributed by atoms with Crippen LogP contribution in [0.25, 0.3) is 0 Å². The Bertz CT molecular complexity index is 601. The summed E-state index contributed by atoms with van der Waals surface area (Å²) in [5.74, 6) is 2.06. The molecule has 1 N–H and O–H groups in total. The largest absolute Gasteiger partial charge is 0.496 e. The molecule has 28 heavy (non-hydrogen) atoms. The second-order valence-corrected chi connectivity index (χ2v) is 8.01. The molecule has 0 spiro atoms. The number of nitrogens with one attached hydrogen (secondary N) is 1. The Morgan fingerprint density at radius 3 is 2.82 bits per heavy atom. The van der Waals surface area contributed by atoms with Gasteiger partial charge in [0.2, 0.25) is 5.91 Å². The maximum absolute atomic E-state index is 13.2. The number of nitrogens with zero attached hydrogens (tertiary/aromatic N) is 1. The molecular weight excluding hydrogens is 376 g/mol. The third kappa shape index (κ3) is 6.36. The quantitative estimate of drug-likeness (QED) is 0.710. The SMILES string of the molecule is COc1ccccc1CN(CC1CCCO1)C(=O)CC(C)C1CCCNC1.Cl. The first kappa shape index (κ1) is 23.0. The normalized spacial score (nSPS) is 22.9. The van der Waals surface area contributed by atoms with Crippen LogP contribution in [-0.2, 0) is 16.1 Å². The lowest BCUT2D eigenvalue weighted by molar-refractivity contribution is -0.134. The number of para-hydroxylation sites is 1. The second kappa shape index (κ2) is 11.6. The van der Waals surface area contributed by atoms with Crippen molar-refractivity contribution in [3.8, 4) is 5.75 Å². The lowest BCUT2D eigenvalue weighted by Crippen LogP contribution is -2.40. The highest BCUT2D eigenvalue weighted by molar-refractivity contribution is 5.85. The number of halogens is 1. The van der Waals surface area contributed by atoms with E-state index in [1.54, 1.807) is 7.11 Å². The first-order valence-corrected chi connectivity index (χ1v) is 10.4. The summed E-state index contributed by atoms with van der Waals surface area (Å²) < 4.78 is 11.3. The fourth-order valence-corrected chi connectivity index (χ4v) is 4.26. The van der Waals surface area contributed by atoms with Gasteiger partial charge in [-0.1, -0.05) is 25.1 Å². The van der Waals surface area contributed by atoms with Crippen molar-refractivity contribution >= 4 is 18.3 Å². The molecule has 2 aliphatic rings. The number of methoxy groups -OCH3 is 1. The molecule has 1 aromatic rings. The summed E-state index contributed by atoms with van der Waals surface area (Å²) in [5, 5.41) is 3.47. The van der Waals surface area contributed by atoms with Crippen molar-refractivity contribution in [3.05, 3.63) is 29.8 Å². The fraction of sp³-hybridized carbons (Fsp3) is 0.682. The minimum atomic E-state index is 0. The predicted octanol–water partition coefficient (Wildman–Crippen LogP) is 3.65. The highest BCUT2D eigenvalue weighted by Gasteiger charge is 2.27. The van der Waals surface area contributed by atoms with Gasteiger partial charge < -0.3 is 19.7 Å². The molecule has 5 nitrogen and oxygen atoms in total. The van der Waals surface area contributed by atoms with E-state index in [1.807, 2.05) is 29.2 Å². The van der Waals surface area contributed by atoms with E-state index in [4.69, 9.17) is 9.47 Å². The van der Waals surface area contributed by atoms with Gasteiger partial charge in [-0.05, 0) is 56.7 Å². The summed E-state index contributed by atoms with van der Waals surface area (Å²) in [6, 6.07) is 7.97. The van der Waals surface area contributed by atoms with E-state index in [0.717, 1.165) is 43.9 Å². The molecule has 2 fully saturated rings. The molecular formula is C22H35ClN2O3. The van der Waals surface area contributed by atoms with Crippen molar-refractivity contribution in [2.24, 2.45) is 11.8 Å². The van der Waals surface area contributed by atoms with Gasteiger partial charge in [0.15, 0.2) is 0 Å². The minimum absolute atomic E-state index is 0. The number of ether oxygens (including phenoxy) is 2. The molecule has 0 aliphatic carbocycles. The van der Waals surface area contributed by atoms with Crippen molar-refractivity contribution in [2.75, 3.05) is 33.4 Å². The Morgan fingerprint density at radius 1 is 1.32 bits per heavy atom. The molecule has 3 atom stereocenters. The molecule has 0 saturated carbocycles. The van der Waals surface area contributed by atoms with Crippen LogP contribution >= 0.6 is 12.4 Å². The lowest BCUT2D eigenvalue weighted by atomic mass is 9.85. The van der Waals surface area contributed by atoms with E-state index < -0.39 is 0 Å². The predicted molar refractivity (Wildman–Crippen MR) is 114 cm³/mol. The highest BCUT2D eigenvalue weighted by atomic mass is 35.5. The van der Waals surface area contributed by atoms with E-state index in [2.05, 4.69) is 12.2 Å². The smallest absolute Gasteiger partial charge is 0.223 e. The van der Waals surface area contributed by atoms with E-state index in [9.17, 15) is 4.79 Å². The Balaban J connectivity index is 0.00000280. The Morgan fingerprint density at radius 2 is 2.14 bits per heavy atom. The first-order chi connectivity index (χ1) is 13.2. The average molecular weight is 411 g/mol. The van der Waals surface area contributed by atoms with Crippen LogP contribution in [-0.4, -0.2) is 50.3 Å². The van der Waals surface area contributed by atoms with E-state index in [-0.39, 0.29) is 24.4 Å². The summed E-state index contributed by atoms with van der Waals surface area (Å²) in [5.41, 5.74) is 1.05. The molecule has 3 rings (SSSR count). The molecule has 2 saturated heterocycles. The first-order valence-electron chi connectivity index (χ1n) is 10.4. The number of rotatable bonds is 8. The van der Waals surface area contributed by atoms with Crippen molar-refractivity contribution < 1.29 is 14.3 Å². The Labute approximate surface area is 175 Å². The zero-order chi connectivity index (χ0) is 19.1. The summed E-state index contributed by atoms with van der Waals surface area (Å²) >= 11 is 0.